The number of carbonyl (C=O) groups is 1. The number of hydrogen-bond acceptors (Lipinski definition) is 3. The predicted octanol–water partition coefficient (Wildman–Crippen LogP) is 2.84. The molecule has 1 N–H and O–H groups in total. The van der Waals surface area contributed by atoms with E-state index in [1.165, 1.54) is 29.8 Å². The molecule has 0 spiro atoms. The van der Waals surface area contributed by atoms with Gasteiger partial charge in [0.25, 0.3) is 0 Å². The molecule has 25 heavy (non-hydrogen) atoms. The molecular formula is C19H28N2O3S. The normalized spacial score (nSPS) is 26.4. The lowest BCUT2D eigenvalue weighted by Crippen LogP contribution is -2.52. The Morgan fingerprint density at radius 2 is 1.92 bits per heavy atom. The molecule has 2 fully saturated rings. The maximum Gasteiger partial charge on any atom is 0.244 e. The standard InChI is InChI=1S/C19H28N2O3S/c1-4-18(19(22)20-17-12-14-7-8-15(17)11-14)21(25(3,23)24)16-9-5-13(2)6-10-16/h5-6,9-10,14-15,17-18H,4,7-8,11-12H2,1-3H3,(H,20,22). The molecule has 2 aliphatic carbocycles. The average Bonchev–Trinajstić information content (AvgIpc) is 3.15. The summed E-state index contributed by atoms with van der Waals surface area (Å²) in [5.41, 5.74) is 1.60. The van der Waals surface area contributed by atoms with Gasteiger partial charge in [0.05, 0.1) is 11.9 Å². The van der Waals surface area contributed by atoms with E-state index in [2.05, 4.69) is 5.32 Å². The molecule has 0 heterocycles. The largest absolute Gasteiger partial charge is 0.351 e. The minimum Gasteiger partial charge on any atom is -0.351 e. The lowest BCUT2D eigenvalue weighted by molar-refractivity contribution is -0.123. The van der Waals surface area contributed by atoms with Gasteiger partial charge in [0.1, 0.15) is 6.04 Å². The van der Waals surface area contributed by atoms with Crippen LogP contribution in [0.15, 0.2) is 24.3 Å². The number of nitrogens with one attached hydrogen (secondary N) is 1. The Labute approximate surface area is 150 Å². The van der Waals surface area contributed by atoms with Gasteiger partial charge in [-0.25, -0.2) is 8.42 Å². The Hall–Kier alpha value is -1.56. The Morgan fingerprint density at radius 3 is 2.40 bits per heavy atom. The van der Waals surface area contributed by atoms with Gasteiger partial charge in [-0.1, -0.05) is 31.0 Å². The first-order valence-electron chi connectivity index (χ1n) is 9.16. The van der Waals surface area contributed by atoms with E-state index in [0.29, 0.717) is 18.0 Å². The van der Waals surface area contributed by atoms with E-state index in [9.17, 15) is 13.2 Å². The summed E-state index contributed by atoms with van der Waals surface area (Å²) >= 11 is 0. The van der Waals surface area contributed by atoms with Gasteiger partial charge in [-0.05, 0) is 56.6 Å². The molecule has 3 rings (SSSR count). The molecule has 2 bridgehead atoms. The number of amides is 1. The van der Waals surface area contributed by atoms with Crippen molar-refractivity contribution in [1.29, 1.82) is 0 Å². The van der Waals surface area contributed by atoms with Crippen LogP contribution >= 0.6 is 0 Å². The number of rotatable bonds is 6. The highest BCUT2D eigenvalue weighted by Gasteiger charge is 2.41. The lowest BCUT2D eigenvalue weighted by Gasteiger charge is -2.32. The number of hydrogen-bond donors (Lipinski definition) is 1. The van der Waals surface area contributed by atoms with E-state index < -0.39 is 16.1 Å². The van der Waals surface area contributed by atoms with Crippen LogP contribution < -0.4 is 9.62 Å². The lowest BCUT2D eigenvalue weighted by atomic mass is 9.95. The van der Waals surface area contributed by atoms with Gasteiger partial charge >= 0.3 is 0 Å². The van der Waals surface area contributed by atoms with Crippen molar-refractivity contribution < 1.29 is 13.2 Å². The van der Waals surface area contributed by atoms with Crippen LogP contribution in [-0.4, -0.2) is 32.7 Å². The second-order valence-corrected chi connectivity index (χ2v) is 9.47. The van der Waals surface area contributed by atoms with Crippen molar-refractivity contribution in [2.45, 2.75) is 58.0 Å². The number of anilines is 1. The minimum absolute atomic E-state index is 0.175. The summed E-state index contributed by atoms with van der Waals surface area (Å²) in [4.78, 5) is 12.9. The second kappa shape index (κ2) is 6.98. The summed E-state index contributed by atoms with van der Waals surface area (Å²) in [6, 6.07) is 6.77. The fourth-order valence-corrected chi connectivity index (χ4v) is 5.66. The summed E-state index contributed by atoms with van der Waals surface area (Å²) < 4.78 is 26.1. The second-order valence-electron chi connectivity index (χ2n) is 7.61. The zero-order valence-corrected chi connectivity index (χ0v) is 16.1. The first-order valence-corrected chi connectivity index (χ1v) is 11.0. The molecule has 5 nitrogen and oxygen atoms in total. The number of benzene rings is 1. The summed E-state index contributed by atoms with van der Waals surface area (Å²) in [6.07, 6.45) is 6.30. The molecule has 0 radical (unpaired) electrons. The highest BCUT2D eigenvalue weighted by atomic mass is 32.2. The molecular weight excluding hydrogens is 336 g/mol. The zero-order valence-electron chi connectivity index (χ0n) is 15.2. The number of fused-ring (bicyclic) bond motifs is 2. The van der Waals surface area contributed by atoms with Crippen molar-refractivity contribution in [3.8, 4) is 0 Å². The highest BCUT2D eigenvalue weighted by molar-refractivity contribution is 7.92. The van der Waals surface area contributed by atoms with E-state index >= 15 is 0 Å². The van der Waals surface area contributed by atoms with E-state index in [4.69, 9.17) is 0 Å². The molecule has 2 saturated carbocycles. The molecule has 138 valence electrons. The van der Waals surface area contributed by atoms with Crippen molar-refractivity contribution in [1.82, 2.24) is 5.32 Å². The average molecular weight is 365 g/mol. The van der Waals surface area contributed by atoms with Crippen LogP contribution in [-0.2, 0) is 14.8 Å². The van der Waals surface area contributed by atoms with Crippen LogP contribution in [0, 0.1) is 18.8 Å². The summed E-state index contributed by atoms with van der Waals surface area (Å²) in [5, 5.41) is 3.15. The Bertz CT molecular complexity index is 730. The van der Waals surface area contributed by atoms with Crippen LogP contribution in [0.4, 0.5) is 5.69 Å². The summed E-state index contributed by atoms with van der Waals surface area (Å²) in [5.74, 6) is 1.13. The summed E-state index contributed by atoms with van der Waals surface area (Å²) in [6.45, 7) is 3.81. The van der Waals surface area contributed by atoms with Gasteiger partial charge in [-0.15, -0.1) is 0 Å². The maximum absolute atomic E-state index is 12.9. The predicted molar refractivity (Wildman–Crippen MR) is 100.0 cm³/mol. The molecule has 4 unspecified atom stereocenters. The van der Waals surface area contributed by atoms with Crippen molar-refractivity contribution in [3.05, 3.63) is 29.8 Å². The summed E-state index contributed by atoms with van der Waals surface area (Å²) in [7, 11) is -3.56. The molecule has 2 aliphatic rings. The monoisotopic (exact) mass is 364 g/mol. The first kappa shape index (κ1) is 18.2. The first-order chi connectivity index (χ1) is 11.8. The molecule has 0 aliphatic heterocycles. The highest BCUT2D eigenvalue weighted by Crippen LogP contribution is 2.44. The van der Waals surface area contributed by atoms with Crippen LogP contribution in [0.25, 0.3) is 0 Å². The smallest absolute Gasteiger partial charge is 0.244 e. The number of carbonyl (C=O) groups excluding carboxylic acids is 1. The Balaban J connectivity index is 1.82. The van der Waals surface area contributed by atoms with Crippen molar-refractivity contribution in [2.24, 2.45) is 11.8 Å². The zero-order chi connectivity index (χ0) is 18.2. The molecule has 1 aromatic carbocycles. The molecule has 0 saturated heterocycles. The van der Waals surface area contributed by atoms with Crippen LogP contribution in [0.1, 0.15) is 44.6 Å². The number of aryl methyl sites for hydroxylation is 1. The third kappa shape index (κ3) is 3.84. The fourth-order valence-electron chi connectivity index (χ4n) is 4.45. The molecule has 0 aromatic heterocycles. The third-order valence-electron chi connectivity index (χ3n) is 5.68. The van der Waals surface area contributed by atoms with Gasteiger partial charge in [-0.2, -0.15) is 0 Å². The molecule has 4 atom stereocenters. The van der Waals surface area contributed by atoms with Gasteiger partial charge in [0, 0.05) is 6.04 Å². The molecule has 1 amide bonds. The quantitative estimate of drug-likeness (QED) is 0.844. The van der Waals surface area contributed by atoms with Crippen LogP contribution in [0.5, 0.6) is 0 Å². The topological polar surface area (TPSA) is 66.5 Å². The van der Waals surface area contributed by atoms with E-state index in [1.54, 1.807) is 12.1 Å². The minimum atomic E-state index is -3.56. The maximum atomic E-state index is 12.9. The molecule has 6 heteroatoms. The number of sulfonamides is 1. The van der Waals surface area contributed by atoms with Crippen LogP contribution in [0.3, 0.4) is 0 Å². The SMILES string of the molecule is CCC(C(=O)NC1CC2CCC1C2)N(c1ccc(C)cc1)S(C)(=O)=O. The third-order valence-corrected chi connectivity index (χ3v) is 6.86. The Kier molecular flexibility index (Phi) is 5.09. The van der Waals surface area contributed by atoms with Gasteiger partial charge in [0.15, 0.2) is 0 Å². The van der Waals surface area contributed by atoms with E-state index in [-0.39, 0.29) is 11.9 Å². The van der Waals surface area contributed by atoms with Crippen LogP contribution in [0.2, 0.25) is 0 Å². The Morgan fingerprint density at radius 1 is 1.24 bits per heavy atom. The van der Waals surface area contributed by atoms with Gasteiger partial charge < -0.3 is 5.32 Å². The number of nitrogens with zero attached hydrogens (tertiary/aromatic N) is 1. The molecule has 1 aromatic rings. The van der Waals surface area contributed by atoms with Crippen molar-refractivity contribution in [2.75, 3.05) is 10.6 Å². The van der Waals surface area contributed by atoms with Crippen molar-refractivity contribution in [3.63, 3.8) is 0 Å². The van der Waals surface area contributed by atoms with Crippen molar-refractivity contribution >= 4 is 21.6 Å². The van der Waals surface area contributed by atoms with Gasteiger partial charge in [-0.3, -0.25) is 9.10 Å². The van der Waals surface area contributed by atoms with E-state index in [1.807, 2.05) is 26.0 Å². The van der Waals surface area contributed by atoms with E-state index in [0.717, 1.165) is 17.9 Å². The van der Waals surface area contributed by atoms with Gasteiger partial charge in [0.2, 0.25) is 15.9 Å². The fraction of sp³-hybridized carbons (Fsp3) is 0.632.